The largest absolute Gasteiger partial charge is 0.465 e. The van der Waals surface area contributed by atoms with Crippen LogP contribution in [-0.4, -0.2) is 16.7 Å². The first-order valence-electron chi connectivity index (χ1n) is 9.36. The number of hydrogen-bond acceptors (Lipinski definition) is 3. The van der Waals surface area contributed by atoms with Crippen LogP contribution in [0.5, 0.6) is 0 Å². The van der Waals surface area contributed by atoms with Crippen molar-refractivity contribution in [1.29, 1.82) is 0 Å². The van der Waals surface area contributed by atoms with Gasteiger partial charge < -0.3 is 14.6 Å². The summed E-state index contributed by atoms with van der Waals surface area (Å²) < 4.78 is 5.54. The van der Waals surface area contributed by atoms with Gasteiger partial charge in [0, 0.05) is 6.54 Å². The molecule has 0 saturated heterocycles. The van der Waals surface area contributed by atoms with Gasteiger partial charge in [-0.05, 0) is 35.7 Å². The summed E-state index contributed by atoms with van der Waals surface area (Å²) in [7, 11) is 0. The van der Waals surface area contributed by atoms with E-state index in [0.717, 1.165) is 22.5 Å². The number of furan rings is 1. The summed E-state index contributed by atoms with van der Waals surface area (Å²) in [5.41, 5.74) is 2.78. The van der Waals surface area contributed by atoms with Crippen molar-refractivity contribution in [2.45, 2.75) is 32.5 Å². The van der Waals surface area contributed by atoms with Gasteiger partial charge >= 0.3 is 0 Å². The van der Waals surface area contributed by atoms with Crippen LogP contribution < -0.4 is 5.32 Å². The van der Waals surface area contributed by atoms with Crippen LogP contribution in [-0.2, 0) is 29.1 Å². The summed E-state index contributed by atoms with van der Waals surface area (Å²) >= 11 is 0. The standard InChI is InChI=1S/C23H22N2O3/c1-16-11-12-19(28-16)14-24-23(27)22-20-10-6-5-9-18(20)13-21(26)25(22)15-17-7-3-2-4-8-17/h2-12,22H,13-15H2,1H3,(H,24,27). The predicted molar refractivity (Wildman–Crippen MR) is 105 cm³/mol. The van der Waals surface area contributed by atoms with Gasteiger partial charge in [0.25, 0.3) is 0 Å². The van der Waals surface area contributed by atoms with Gasteiger partial charge in [-0.2, -0.15) is 0 Å². The molecule has 3 aromatic rings. The molecular weight excluding hydrogens is 352 g/mol. The molecule has 1 aliphatic heterocycles. The number of carbonyl (C=O) groups is 2. The van der Waals surface area contributed by atoms with Crippen molar-refractivity contribution in [3.63, 3.8) is 0 Å². The van der Waals surface area contributed by atoms with Gasteiger partial charge in [-0.3, -0.25) is 9.59 Å². The minimum Gasteiger partial charge on any atom is -0.465 e. The van der Waals surface area contributed by atoms with Crippen molar-refractivity contribution in [2.24, 2.45) is 0 Å². The lowest BCUT2D eigenvalue weighted by atomic mass is 9.91. The van der Waals surface area contributed by atoms with E-state index in [1.165, 1.54) is 0 Å². The third-order valence-corrected chi connectivity index (χ3v) is 5.00. The number of amides is 2. The van der Waals surface area contributed by atoms with Crippen LogP contribution in [0.25, 0.3) is 0 Å². The van der Waals surface area contributed by atoms with Gasteiger partial charge in [0.15, 0.2) is 0 Å². The second-order valence-electron chi connectivity index (χ2n) is 7.02. The summed E-state index contributed by atoms with van der Waals surface area (Å²) in [6.07, 6.45) is 0.310. The monoisotopic (exact) mass is 374 g/mol. The number of hydrogen-bond donors (Lipinski definition) is 1. The van der Waals surface area contributed by atoms with Gasteiger partial charge in [-0.1, -0.05) is 54.6 Å². The predicted octanol–water partition coefficient (Wildman–Crippen LogP) is 3.53. The second kappa shape index (κ2) is 7.72. The molecule has 2 aromatic carbocycles. The third-order valence-electron chi connectivity index (χ3n) is 5.00. The van der Waals surface area contributed by atoms with E-state index in [-0.39, 0.29) is 11.8 Å². The highest BCUT2D eigenvalue weighted by atomic mass is 16.3. The summed E-state index contributed by atoms with van der Waals surface area (Å²) in [4.78, 5) is 27.7. The average molecular weight is 374 g/mol. The Labute approximate surface area is 164 Å². The topological polar surface area (TPSA) is 62.6 Å². The molecule has 0 spiro atoms. The molecule has 1 aliphatic rings. The molecule has 0 aliphatic carbocycles. The number of aryl methyl sites for hydroxylation is 1. The van der Waals surface area contributed by atoms with Crippen LogP contribution in [0.3, 0.4) is 0 Å². The van der Waals surface area contributed by atoms with Crippen molar-refractivity contribution in [1.82, 2.24) is 10.2 Å². The van der Waals surface area contributed by atoms with E-state index >= 15 is 0 Å². The quantitative estimate of drug-likeness (QED) is 0.743. The molecule has 1 unspecified atom stereocenters. The zero-order chi connectivity index (χ0) is 19.5. The van der Waals surface area contributed by atoms with E-state index in [1.54, 1.807) is 4.90 Å². The van der Waals surface area contributed by atoms with E-state index in [0.29, 0.717) is 25.3 Å². The Morgan fingerprint density at radius 3 is 2.57 bits per heavy atom. The second-order valence-corrected chi connectivity index (χ2v) is 7.02. The Morgan fingerprint density at radius 2 is 1.82 bits per heavy atom. The van der Waals surface area contributed by atoms with Gasteiger partial charge in [-0.15, -0.1) is 0 Å². The number of nitrogens with zero attached hydrogens (tertiary/aromatic N) is 1. The molecule has 28 heavy (non-hydrogen) atoms. The van der Waals surface area contributed by atoms with Gasteiger partial charge in [-0.25, -0.2) is 0 Å². The lowest BCUT2D eigenvalue weighted by Crippen LogP contribution is -2.46. The minimum absolute atomic E-state index is 0.0449. The number of carbonyl (C=O) groups excluding carboxylic acids is 2. The molecule has 5 nitrogen and oxygen atoms in total. The summed E-state index contributed by atoms with van der Waals surface area (Å²) in [6.45, 7) is 2.55. The van der Waals surface area contributed by atoms with Crippen LogP contribution in [0.1, 0.15) is 34.3 Å². The number of nitrogens with one attached hydrogen (secondary N) is 1. The van der Waals surface area contributed by atoms with Crippen molar-refractivity contribution < 1.29 is 14.0 Å². The molecule has 142 valence electrons. The molecule has 0 fully saturated rings. The maximum absolute atomic E-state index is 13.1. The molecule has 4 rings (SSSR count). The smallest absolute Gasteiger partial charge is 0.247 e. The fraction of sp³-hybridized carbons (Fsp3) is 0.217. The summed E-state index contributed by atoms with van der Waals surface area (Å²) in [5, 5.41) is 2.93. The first kappa shape index (κ1) is 18.0. The van der Waals surface area contributed by atoms with Crippen molar-refractivity contribution >= 4 is 11.8 Å². The van der Waals surface area contributed by atoms with Crippen LogP contribution >= 0.6 is 0 Å². The van der Waals surface area contributed by atoms with Gasteiger partial charge in [0.2, 0.25) is 11.8 Å². The molecule has 1 N–H and O–H groups in total. The highest BCUT2D eigenvalue weighted by molar-refractivity contribution is 5.92. The van der Waals surface area contributed by atoms with E-state index in [1.807, 2.05) is 73.7 Å². The van der Waals surface area contributed by atoms with E-state index in [9.17, 15) is 9.59 Å². The normalized spacial score (nSPS) is 16.0. The minimum atomic E-state index is -0.659. The molecular formula is C23H22N2O3. The van der Waals surface area contributed by atoms with Crippen LogP contribution in [0.4, 0.5) is 0 Å². The Morgan fingerprint density at radius 1 is 1.07 bits per heavy atom. The molecule has 5 heteroatoms. The Bertz CT molecular complexity index is 994. The van der Waals surface area contributed by atoms with E-state index in [2.05, 4.69) is 5.32 Å². The molecule has 1 atom stereocenters. The van der Waals surface area contributed by atoms with Gasteiger partial charge in [0.05, 0.1) is 13.0 Å². The first-order chi connectivity index (χ1) is 13.6. The molecule has 0 radical (unpaired) electrons. The Balaban J connectivity index is 1.62. The Hall–Kier alpha value is -3.34. The molecule has 0 saturated carbocycles. The lowest BCUT2D eigenvalue weighted by Gasteiger charge is -2.36. The van der Waals surface area contributed by atoms with Crippen molar-refractivity contribution in [3.8, 4) is 0 Å². The maximum Gasteiger partial charge on any atom is 0.247 e. The summed E-state index contributed by atoms with van der Waals surface area (Å²) in [6, 6.07) is 20.5. The van der Waals surface area contributed by atoms with Crippen LogP contribution in [0, 0.1) is 6.92 Å². The average Bonchev–Trinajstić information content (AvgIpc) is 3.13. The van der Waals surface area contributed by atoms with Crippen molar-refractivity contribution in [2.75, 3.05) is 0 Å². The molecule has 1 aromatic heterocycles. The summed E-state index contributed by atoms with van der Waals surface area (Å²) in [5.74, 6) is 1.24. The van der Waals surface area contributed by atoms with E-state index < -0.39 is 6.04 Å². The lowest BCUT2D eigenvalue weighted by molar-refractivity contribution is -0.142. The zero-order valence-electron chi connectivity index (χ0n) is 15.7. The van der Waals surface area contributed by atoms with E-state index in [4.69, 9.17) is 4.42 Å². The fourth-order valence-corrected chi connectivity index (χ4v) is 3.63. The zero-order valence-corrected chi connectivity index (χ0v) is 15.7. The molecule has 0 bridgehead atoms. The Kier molecular flexibility index (Phi) is 4.98. The van der Waals surface area contributed by atoms with Crippen LogP contribution in [0.15, 0.2) is 71.1 Å². The first-order valence-corrected chi connectivity index (χ1v) is 9.36. The SMILES string of the molecule is Cc1ccc(CNC(=O)C2c3ccccc3CC(=O)N2Cc2ccccc2)o1. The van der Waals surface area contributed by atoms with Crippen LogP contribution in [0.2, 0.25) is 0 Å². The maximum atomic E-state index is 13.1. The third kappa shape index (κ3) is 3.69. The van der Waals surface area contributed by atoms with Gasteiger partial charge in [0.1, 0.15) is 17.6 Å². The highest BCUT2D eigenvalue weighted by Gasteiger charge is 2.36. The number of rotatable bonds is 5. The molecule has 2 heterocycles. The highest BCUT2D eigenvalue weighted by Crippen LogP contribution is 2.32. The fourth-order valence-electron chi connectivity index (χ4n) is 3.63. The van der Waals surface area contributed by atoms with Crippen molar-refractivity contribution in [3.05, 3.63) is 94.9 Å². The number of benzene rings is 2. The molecule has 2 amide bonds. The number of fused-ring (bicyclic) bond motifs is 1.